The lowest BCUT2D eigenvalue weighted by molar-refractivity contribution is -0.0502. The number of guanidine groups is 1. The zero-order chi connectivity index (χ0) is 22.3. The lowest BCUT2D eigenvalue weighted by atomic mass is 10.1. The molecule has 0 spiro atoms. The van der Waals surface area contributed by atoms with Gasteiger partial charge in [-0.1, -0.05) is 37.3 Å². The first-order chi connectivity index (χ1) is 15.7. The first-order valence-electron chi connectivity index (χ1n) is 12.6. The van der Waals surface area contributed by atoms with E-state index in [1.165, 1.54) is 18.7 Å². The maximum atomic E-state index is 6.19. The second kappa shape index (κ2) is 13.2. The van der Waals surface area contributed by atoms with Crippen molar-refractivity contribution in [3.63, 3.8) is 0 Å². The Morgan fingerprint density at radius 3 is 2.55 bits per heavy atom. The highest BCUT2D eigenvalue weighted by Gasteiger charge is 2.41. The second-order valence-corrected chi connectivity index (χ2v) is 9.35. The second-order valence-electron chi connectivity index (χ2n) is 9.35. The van der Waals surface area contributed by atoms with Gasteiger partial charge < -0.3 is 19.9 Å². The first kappa shape index (κ1) is 26.7. The Kier molecular flexibility index (Phi) is 10.7. The molecule has 186 valence electrons. The molecule has 3 fully saturated rings. The number of nitrogens with zero attached hydrogens (tertiary/aromatic N) is 5. The lowest BCUT2D eigenvalue weighted by Gasteiger charge is -2.37. The number of hydrogen-bond acceptors (Lipinski definition) is 5. The van der Waals surface area contributed by atoms with E-state index < -0.39 is 0 Å². The molecule has 0 aliphatic carbocycles. The molecule has 8 heteroatoms. The van der Waals surface area contributed by atoms with Gasteiger partial charge in [-0.25, -0.2) is 0 Å². The Labute approximate surface area is 217 Å². The van der Waals surface area contributed by atoms with E-state index >= 15 is 0 Å². The van der Waals surface area contributed by atoms with Gasteiger partial charge >= 0.3 is 0 Å². The monoisotopic (exact) mass is 570 g/mol. The Hall–Kier alpha value is -0.940. The van der Waals surface area contributed by atoms with Crippen LogP contribution in [0.15, 0.2) is 35.3 Å². The van der Waals surface area contributed by atoms with Gasteiger partial charge in [-0.05, 0) is 26.0 Å². The van der Waals surface area contributed by atoms with Crippen molar-refractivity contribution in [3.8, 4) is 0 Å². The molecule has 0 saturated carbocycles. The van der Waals surface area contributed by atoms with Crippen LogP contribution in [0.25, 0.3) is 0 Å². The van der Waals surface area contributed by atoms with Gasteiger partial charge in [-0.3, -0.25) is 14.8 Å². The molecule has 3 heterocycles. The maximum absolute atomic E-state index is 6.19. The highest BCUT2D eigenvalue weighted by molar-refractivity contribution is 14.0. The number of ether oxygens (including phenoxy) is 1. The van der Waals surface area contributed by atoms with Crippen molar-refractivity contribution in [2.24, 2.45) is 4.99 Å². The molecule has 4 rings (SSSR count). The normalized spacial score (nSPS) is 26.0. The fourth-order valence-electron chi connectivity index (χ4n) is 5.23. The summed E-state index contributed by atoms with van der Waals surface area (Å²) in [6.07, 6.45) is 0.260. The standard InChI is InChI=1S/C25H42N6O.HI/c1-4-26-25(27-17-21(3)29-13-11-28(5-2)12-14-29)31-19-23-24(20-31)32-16-15-30(23)18-22-9-7-6-8-10-22;/h6-10,21,23-24H,4-5,11-20H2,1-3H3,(H,26,27);1H. The van der Waals surface area contributed by atoms with Gasteiger partial charge in [-0.15, -0.1) is 24.0 Å². The Morgan fingerprint density at radius 2 is 1.85 bits per heavy atom. The van der Waals surface area contributed by atoms with E-state index in [0.29, 0.717) is 12.1 Å². The predicted octanol–water partition coefficient (Wildman–Crippen LogP) is 2.18. The third-order valence-corrected chi connectivity index (χ3v) is 7.26. The van der Waals surface area contributed by atoms with Gasteiger partial charge in [0.2, 0.25) is 0 Å². The van der Waals surface area contributed by atoms with Crippen LogP contribution in [0.5, 0.6) is 0 Å². The largest absolute Gasteiger partial charge is 0.373 e. The number of benzene rings is 1. The number of fused-ring (bicyclic) bond motifs is 1. The number of aliphatic imine (C=N–C) groups is 1. The zero-order valence-electron chi connectivity index (χ0n) is 20.7. The summed E-state index contributed by atoms with van der Waals surface area (Å²) in [7, 11) is 0. The van der Waals surface area contributed by atoms with Gasteiger partial charge in [0.1, 0.15) is 0 Å². The van der Waals surface area contributed by atoms with Gasteiger partial charge in [0.25, 0.3) is 0 Å². The quantitative estimate of drug-likeness (QED) is 0.308. The van der Waals surface area contributed by atoms with E-state index in [0.717, 1.165) is 71.5 Å². The number of halogens is 1. The van der Waals surface area contributed by atoms with Gasteiger partial charge in [0.05, 0.1) is 25.3 Å². The molecule has 33 heavy (non-hydrogen) atoms. The molecule has 3 aliphatic heterocycles. The summed E-state index contributed by atoms with van der Waals surface area (Å²) in [5.41, 5.74) is 1.38. The Bertz CT molecular complexity index is 727. The van der Waals surface area contributed by atoms with Crippen LogP contribution in [0.1, 0.15) is 26.3 Å². The van der Waals surface area contributed by atoms with E-state index in [1.807, 2.05) is 0 Å². The molecule has 0 amide bonds. The summed E-state index contributed by atoms with van der Waals surface area (Å²) in [6.45, 7) is 19.0. The molecule has 1 aromatic rings. The minimum atomic E-state index is 0. The van der Waals surface area contributed by atoms with Crippen LogP contribution < -0.4 is 5.32 Å². The van der Waals surface area contributed by atoms with E-state index in [-0.39, 0.29) is 30.1 Å². The van der Waals surface area contributed by atoms with Crippen LogP contribution in [-0.2, 0) is 11.3 Å². The summed E-state index contributed by atoms with van der Waals surface area (Å²) in [5, 5.41) is 3.55. The van der Waals surface area contributed by atoms with Crippen molar-refractivity contribution in [1.29, 1.82) is 0 Å². The van der Waals surface area contributed by atoms with Gasteiger partial charge in [0, 0.05) is 64.9 Å². The zero-order valence-corrected chi connectivity index (χ0v) is 23.0. The van der Waals surface area contributed by atoms with Gasteiger partial charge in [0.15, 0.2) is 5.96 Å². The van der Waals surface area contributed by atoms with E-state index in [1.54, 1.807) is 0 Å². The molecule has 7 nitrogen and oxygen atoms in total. The fourth-order valence-corrected chi connectivity index (χ4v) is 5.23. The number of likely N-dealkylation sites (N-methyl/N-ethyl adjacent to an activating group) is 1. The molecule has 3 atom stereocenters. The van der Waals surface area contributed by atoms with Crippen molar-refractivity contribution < 1.29 is 4.74 Å². The third kappa shape index (κ3) is 7.04. The molecular formula is C25H43IN6O. The Morgan fingerprint density at radius 1 is 1.09 bits per heavy atom. The summed E-state index contributed by atoms with van der Waals surface area (Å²) >= 11 is 0. The number of nitrogens with one attached hydrogen (secondary N) is 1. The summed E-state index contributed by atoms with van der Waals surface area (Å²) in [4.78, 5) is 15.2. The van der Waals surface area contributed by atoms with Crippen LogP contribution in [0.4, 0.5) is 0 Å². The van der Waals surface area contributed by atoms with E-state index in [9.17, 15) is 0 Å². The molecular weight excluding hydrogens is 527 g/mol. The van der Waals surface area contributed by atoms with Crippen LogP contribution in [0.3, 0.4) is 0 Å². The predicted molar refractivity (Wildman–Crippen MR) is 146 cm³/mol. The van der Waals surface area contributed by atoms with E-state index in [2.05, 4.69) is 76.0 Å². The lowest BCUT2D eigenvalue weighted by Crippen LogP contribution is -2.50. The van der Waals surface area contributed by atoms with Gasteiger partial charge in [-0.2, -0.15) is 0 Å². The number of morpholine rings is 1. The molecule has 0 aromatic heterocycles. The molecule has 0 bridgehead atoms. The molecule has 0 radical (unpaired) electrons. The number of hydrogen-bond donors (Lipinski definition) is 1. The SMILES string of the molecule is CCNC(=NCC(C)N1CCN(CC)CC1)N1CC2OCCN(Cc3ccccc3)C2C1.I. The number of piperazine rings is 1. The summed E-state index contributed by atoms with van der Waals surface area (Å²) < 4.78 is 6.19. The van der Waals surface area contributed by atoms with Crippen molar-refractivity contribution in [2.75, 3.05) is 72.1 Å². The number of rotatable bonds is 7. The topological polar surface area (TPSA) is 46.6 Å². The first-order valence-corrected chi connectivity index (χ1v) is 12.6. The highest BCUT2D eigenvalue weighted by Crippen LogP contribution is 2.24. The van der Waals surface area contributed by atoms with Crippen LogP contribution in [-0.4, -0.2) is 116 Å². The van der Waals surface area contributed by atoms with Crippen molar-refractivity contribution in [3.05, 3.63) is 35.9 Å². The molecule has 3 aliphatic rings. The molecule has 1 N–H and O–H groups in total. The average Bonchev–Trinajstić information content (AvgIpc) is 3.27. The molecule has 3 saturated heterocycles. The van der Waals surface area contributed by atoms with Crippen molar-refractivity contribution in [1.82, 2.24) is 24.9 Å². The van der Waals surface area contributed by atoms with Crippen molar-refractivity contribution >= 4 is 29.9 Å². The number of likely N-dealkylation sites (tertiary alicyclic amines) is 1. The maximum Gasteiger partial charge on any atom is 0.194 e. The molecule has 1 aromatic carbocycles. The molecule has 3 unspecified atom stereocenters. The van der Waals surface area contributed by atoms with Crippen LogP contribution in [0.2, 0.25) is 0 Å². The summed E-state index contributed by atoms with van der Waals surface area (Å²) in [5.74, 6) is 1.05. The Balaban J connectivity index is 0.00000306. The minimum absolute atomic E-state index is 0. The summed E-state index contributed by atoms with van der Waals surface area (Å²) in [6, 6.07) is 11.7. The van der Waals surface area contributed by atoms with Crippen LogP contribution >= 0.6 is 24.0 Å². The average molecular weight is 571 g/mol. The van der Waals surface area contributed by atoms with E-state index in [4.69, 9.17) is 9.73 Å². The highest BCUT2D eigenvalue weighted by atomic mass is 127. The van der Waals surface area contributed by atoms with Crippen LogP contribution in [0, 0.1) is 0 Å². The minimum Gasteiger partial charge on any atom is -0.373 e. The van der Waals surface area contributed by atoms with Crippen molar-refractivity contribution in [2.45, 2.75) is 45.5 Å². The fraction of sp³-hybridized carbons (Fsp3) is 0.720. The smallest absolute Gasteiger partial charge is 0.194 e. The third-order valence-electron chi connectivity index (χ3n) is 7.26.